The van der Waals surface area contributed by atoms with Crippen LogP contribution in [0.25, 0.3) is 0 Å². The maximum atomic E-state index is 14.8. The number of carbonyl (C=O) groups is 5. The van der Waals surface area contributed by atoms with Crippen LogP contribution in [0.3, 0.4) is 0 Å². The van der Waals surface area contributed by atoms with Gasteiger partial charge in [-0.1, -0.05) is 64.2 Å². The second-order valence-electron chi connectivity index (χ2n) is 23.2. The van der Waals surface area contributed by atoms with Gasteiger partial charge in [0.1, 0.15) is 30.1 Å². The Balaban J connectivity index is 1.32. The van der Waals surface area contributed by atoms with Gasteiger partial charge in [-0.2, -0.15) is 0 Å². The Morgan fingerprint density at radius 3 is 2.25 bits per heavy atom. The molecule has 0 aromatic carbocycles. The number of aliphatic hydroxyl groups excluding tert-OH is 1. The number of methoxy groups -OCH3 is 2. The first-order valence-corrected chi connectivity index (χ1v) is 30.6. The fraction of sp³-hybridized carbons (Fsp3) is 0.776. The van der Waals surface area contributed by atoms with Crippen molar-refractivity contribution in [2.45, 2.75) is 186 Å². The number of Topliss-reactive ketones (excluding diaryl/α,β-unsaturated/α-hetero) is 3. The summed E-state index contributed by atoms with van der Waals surface area (Å²) >= 11 is 0. The van der Waals surface area contributed by atoms with Gasteiger partial charge in [-0.3, -0.25) is 23.7 Å². The summed E-state index contributed by atoms with van der Waals surface area (Å²) in [5.41, 5.74) is 1.25. The smallest absolute Gasteiger partial charge is 0.329 e. The molecule has 4 bridgehead atoms. The molecule has 17 nitrogen and oxygen atoms in total. The van der Waals surface area contributed by atoms with Crippen LogP contribution < -0.4 is 0 Å². The molecular weight excluding hydrogens is 998 g/mol. The van der Waals surface area contributed by atoms with Gasteiger partial charge in [0.05, 0.1) is 43.7 Å². The van der Waals surface area contributed by atoms with Crippen molar-refractivity contribution in [3.63, 3.8) is 0 Å². The minimum atomic E-state index is -2.84. The van der Waals surface area contributed by atoms with E-state index in [0.717, 1.165) is 18.4 Å². The molecule has 2 N–H and O–H groups in total. The van der Waals surface area contributed by atoms with Crippen molar-refractivity contribution in [1.29, 1.82) is 0 Å². The van der Waals surface area contributed by atoms with Crippen LogP contribution in [0.2, 0.25) is 0 Å². The standard InChI is InChI=1S/C58H90NO16P/c1-35-15-12-11-13-16-36(2)48(72-28-27-71-42-22-25-70-26-23-42)33-43-20-18-40(6)58(66,74-43)55(63)56(64)59-24-14-17-44-45(31-41-19-21-47(50(32-41)68-7)75-76(9,10)67)49(73-57(65)51(44)59)34-46(60)37(3)30-39(5)53(62)54(69-8)52(61)38(4)29-35/h11-13,15-16,30,35,37-38,40-45,47-51,53-54,62,66H,14,17-29,31-34H2,1-10H3/b13-11+,15-12+,36-16+,39-30+/t35-,37-,38-,40-,41+,43+,44-,45?,47-,48?,49+,50-,51?,53-,54+,58-/m1/s1. The minimum Gasteiger partial charge on any atom is -0.460 e. The van der Waals surface area contributed by atoms with Crippen LogP contribution in [-0.4, -0.2) is 166 Å². The average molecular weight is 1090 g/mol. The van der Waals surface area contributed by atoms with Gasteiger partial charge in [-0.15, -0.1) is 0 Å². The highest BCUT2D eigenvalue weighted by Crippen LogP contribution is 2.48. The maximum Gasteiger partial charge on any atom is 0.329 e. The van der Waals surface area contributed by atoms with E-state index < -0.39 is 97.0 Å². The Labute approximate surface area is 451 Å². The molecule has 76 heavy (non-hydrogen) atoms. The van der Waals surface area contributed by atoms with Crippen molar-refractivity contribution >= 4 is 36.6 Å². The van der Waals surface area contributed by atoms with Crippen LogP contribution in [0.5, 0.6) is 0 Å². The Morgan fingerprint density at radius 2 is 1.55 bits per heavy atom. The number of nitrogens with zero attached hydrogens (tertiary/aromatic N) is 1. The number of fused-ring (bicyclic) bond motifs is 4. The van der Waals surface area contributed by atoms with Gasteiger partial charge in [0.2, 0.25) is 5.79 Å². The zero-order chi connectivity index (χ0) is 55.5. The molecule has 4 saturated heterocycles. The third-order valence-corrected chi connectivity index (χ3v) is 17.7. The Hall–Kier alpha value is -3.22. The highest BCUT2D eigenvalue weighted by Gasteiger charge is 2.57. The zero-order valence-electron chi connectivity index (χ0n) is 46.9. The van der Waals surface area contributed by atoms with E-state index in [1.807, 2.05) is 51.2 Å². The van der Waals surface area contributed by atoms with E-state index in [2.05, 4.69) is 0 Å². The lowest BCUT2D eigenvalue weighted by Crippen LogP contribution is -2.65. The van der Waals surface area contributed by atoms with Gasteiger partial charge in [-0.25, -0.2) is 4.79 Å². The minimum absolute atomic E-state index is 0.00757. The zero-order valence-corrected chi connectivity index (χ0v) is 47.8. The molecule has 1 saturated carbocycles. The Morgan fingerprint density at radius 1 is 0.829 bits per heavy atom. The summed E-state index contributed by atoms with van der Waals surface area (Å²) in [5, 5.41) is 23.9. The van der Waals surface area contributed by atoms with Crippen molar-refractivity contribution in [2.75, 3.05) is 60.5 Å². The molecule has 5 heterocycles. The summed E-state index contributed by atoms with van der Waals surface area (Å²) in [5.74, 6) is -8.82. The molecule has 0 spiro atoms. The van der Waals surface area contributed by atoms with Crippen molar-refractivity contribution in [3.8, 4) is 0 Å². The van der Waals surface area contributed by atoms with E-state index in [0.29, 0.717) is 83.2 Å². The number of allylic oxidation sites excluding steroid dienone is 6. The maximum absolute atomic E-state index is 14.8. The van der Waals surface area contributed by atoms with E-state index in [-0.39, 0.29) is 67.7 Å². The molecular formula is C58H90NO16P. The van der Waals surface area contributed by atoms with Gasteiger partial charge in [0.25, 0.3) is 11.7 Å². The lowest BCUT2D eigenvalue weighted by molar-refractivity contribution is -0.266. The molecule has 0 aromatic heterocycles. The van der Waals surface area contributed by atoms with Crippen LogP contribution in [-0.2, 0) is 66.2 Å². The number of rotatable bonds is 11. The average Bonchev–Trinajstić information content (AvgIpc) is 3.41. The number of carbonyl (C=O) groups excluding carboxylic acids is 5. The fourth-order valence-electron chi connectivity index (χ4n) is 12.5. The van der Waals surface area contributed by atoms with Crippen LogP contribution in [0.15, 0.2) is 47.6 Å². The summed E-state index contributed by atoms with van der Waals surface area (Å²) in [6.07, 6.45) is 12.4. The number of hydrogen-bond donors (Lipinski definition) is 2. The molecule has 6 rings (SSSR count). The third kappa shape index (κ3) is 16.2. The van der Waals surface area contributed by atoms with E-state index in [1.165, 1.54) is 12.0 Å². The van der Waals surface area contributed by atoms with Crippen molar-refractivity contribution in [2.24, 2.45) is 41.4 Å². The lowest BCUT2D eigenvalue weighted by atomic mass is 9.68. The van der Waals surface area contributed by atoms with Crippen molar-refractivity contribution in [3.05, 3.63) is 47.6 Å². The molecule has 5 fully saturated rings. The first kappa shape index (κ1) is 62.0. The highest BCUT2D eigenvalue weighted by atomic mass is 31.2. The predicted molar refractivity (Wildman–Crippen MR) is 285 cm³/mol. The second kappa shape index (κ2) is 28.3. The number of hydrogen-bond acceptors (Lipinski definition) is 16. The van der Waals surface area contributed by atoms with E-state index in [1.54, 1.807) is 47.3 Å². The van der Waals surface area contributed by atoms with Crippen LogP contribution in [0.1, 0.15) is 125 Å². The first-order chi connectivity index (χ1) is 36.0. The van der Waals surface area contributed by atoms with E-state index in [4.69, 9.17) is 37.7 Å². The summed E-state index contributed by atoms with van der Waals surface area (Å²) in [4.78, 5) is 73.4. The number of aliphatic hydroxyl groups is 2. The van der Waals surface area contributed by atoms with Gasteiger partial charge in [0.15, 0.2) is 13.2 Å². The molecule has 5 aliphatic heterocycles. The fourth-order valence-corrected chi connectivity index (χ4v) is 13.4. The van der Waals surface area contributed by atoms with E-state index >= 15 is 0 Å². The Bertz CT molecular complexity index is 2160. The molecule has 1 aliphatic carbocycles. The number of piperidine rings is 1. The third-order valence-electron chi connectivity index (χ3n) is 16.9. The second-order valence-corrected chi connectivity index (χ2v) is 25.9. The summed E-state index contributed by atoms with van der Waals surface area (Å²) in [7, 11) is 0.140. The molecule has 16 atom stereocenters. The number of ether oxygens (including phenoxy) is 7. The summed E-state index contributed by atoms with van der Waals surface area (Å²) in [6, 6.07) is -1.17. The van der Waals surface area contributed by atoms with E-state index in [9.17, 15) is 38.8 Å². The molecule has 1 amide bonds. The highest BCUT2D eigenvalue weighted by molar-refractivity contribution is 7.57. The van der Waals surface area contributed by atoms with Crippen LogP contribution >= 0.6 is 7.37 Å². The Kier molecular flexibility index (Phi) is 23.1. The predicted octanol–water partition coefficient (Wildman–Crippen LogP) is 7.53. The molecule has 3 unspecified atom stereocenters. The van der Waals surface area contributed by atoms with Crippen molar-refractivity contribution < 1.29 is 76.4 Å². The number of amides is 1. The van der Waals surface area contributed by atoms with Crippen molar-refractivity contribution in [1.82, 2.24) is 4.90 Å². The van der Waals surface area contributed by atoms with Gasteiger partial charge in [0, 0.05) is 83.8 Å². The molecule has 0 aromatic rings. The van der Waals surface area contributed by atoms with Crippen LogP contribution in [0.4, 0.5) is 0 Å². The first-order valence-electron chi connectivity index (χ1n) is 28.0. The molecule has 6 aliphatic rings. The van der Waals surface area contributed by atoms with Gasteiger partial charge < -0.3 is 52.8 Å². The largest absolute Gasteiger partial charge is 0.460 e. The quantitative estimate of drug-likeness (QED) is 0.0671. The summed E-state index contributed by atoms with van der Waals surface area (Å²) in [6.45, 7) is 16.0. The number of esters is 1. The number of ketones is 3. The molecule has 18 heteroatoms. The topological polar surface area (TPSA) is 220 Å². The van der Waals surface area contributed by atoms with Gasteiger partial charge in [-0.05, 0) is 113 Å². The summed E-state index contributed by atoms with van der Waals surface area (Å²) < 4.78 is 61.0. The van der Waals surface area contributed by atoms with Crippen LogP contribution in [0, 0.1) is 41.4 Å². The molecule has 0 radical (unpaired) electrons. The lowest BCUT2D eigenvalue weighted by Gasteiger charge is -2.50. The normalized spacial score (nSPS) is 39.9. The van der Waals surface area contributed by atoms with Gasteiger partial charge >= 0.3 is 5.97 Å². The SMILES string of the molecule is CO[C@@H]1C[C@H](CC2[C@H]3CCCN4C(=O)C(=O)[C@]5(O)O[C@@H](CC[C@H]5C)CC(OCCOC5CCOCC5)/C(C)=C/C=C/C=C/[C@@H](C)C[C@@H](C)C(=O)[C@H](OC)[C@H](O)/C(C)=C/[C@@H](C)C(=O)C[C@@H]2OC(=O)C34)CC[C@H]1OP(C)(C)=O. The molecule has 428 valence electrons. The monoisotopic (exact) mass is 1090 g/mol.